The van der Waals surface area contributed by atoms with E-state index in [1.807, 2.05) is 0 Å². The number of nitrogens with two attached hydrogens (primary N) is 2. The maximum absolute atomic E-state index is 11.3. The highest BCUT2D eigenvalue weighted by Gasteiger charge is 2.15. The van der Waals surface area contributed by atoms with Gasteiger partial charge >= 0.3 is 0 Å². The summed E-state index contributed by atoms with van der Waals surface area (Å²) in [5, 5.41) is 3.13. The number of hydrogen-bond acceptors (Lipinski definition) is 5. The number of anilines is 2. The summed E-state index contributed by atoms with van der Waals surface area (Å²) in [6, 6.07) is 5.01. The van der Waals surface area contributed by atoms with Crippen LogP contribution >= 0.6 is 0 Å². The monoisotopic (exact) mass is 251 g/mol. The van der Waals surface area contributed by atoms with Gasteiger partial charge in [0.1, 0.15) is 0 Å². The molecule has 0 aliphatic carbocycles. The molecule has 1 aromatic carbocycles. The third-order valence-corrected chi connectivity index (χ3v) is 2.71. The highest BCUT2D eigenvalue weighted by Crippen LogP contribution is 2.18. The molecule has 1 aromatic rings. The molecule has 1 aliphatic rings. The molecule has 1 saturated heterocycles. The third-order valence-electron chi connectivity index (χ3n) is 2.71. The molecule has 0 saturated carbocycles. The number of carbonyl (C=O) groups is 1. The summed E-state index contributed by atoms with van der Waals surface area (Å²) in [7, 11) is 0. The van der Waals surface area contributed by atoms with Gasteiger partial charge in [0.25, 0.3) is 5.91 Å². The van der Waals surface area contributed by atoms with Gasteiger partial charge in [0.05, 0.1) is 31.5 Å². The van der Waals surface area contributed by atoms with Crippen molar-refractivity contribution in [1.82, 2.24) is 0 Å². The lowest BCUT2D eigenvalue weighted by Gasteiger charge is -2.24. The van der Waals surface area contributed by atoms with Crippen molar-refractivity contribution in [1.29, 1.82) is 0 Å². The number of primary amides is 1. The number of rotatable bonds is 4. The molecule has 0 radical (unpaired) electrons. The van der Waals surface area contributed by atoms with Gasteiger partial charge in [-0.2, -0.15) is 0 Å². The van der Waals surface area contributed by atoms with E-state index in [0.717, 1.165) is 0 Å². The first-order valence-corrected chi connectivity index (χ1v) is 5.79. The molecule has 18 heavy (non-hydrogen) atoms. The molecule has 0 bridgehead atoms. The predicted octanol–water partition coefficient (Wildman–Crippen LogP) is 0.195. The van der Waals surface area contributed by atoms with E-state index in [9.17, 15) is 4.79 Å². The zero-order chi connectivity index (χ0) is 13.0. The Kier molecular flexibility index (Phi) is 4.01. The van der Waals surface area contributed by atoms with Crippen LogP contribution in [0.15, 0.2) is 18.2 Å². The van der Waals surface area contributed by atoms with E-state index in [1.54, 1.807) is 18.2 Å². The first-order chi connectivity index (χ1) is 8.66. The maximum Gasteiger partial charge on any atom is 0.250 e. The second kappa shape index (κ2) is 5.70. The number of nitrogens with one attached hydrogen (secondary N) is 1. The predicted molar refractivity (Wildman–Crippen MR) is 68.4 cm³/mol. The Morgan fingerprint density at radius 1 is 1.44 bits per heavy atom. The maximum atomic E-state index is 11.3. The molecule has 98 valence electrons. The molecule has 0 spiro atoms. The van der Waals surface area contributed by atoms with Gasteiger partial charge in [-0.25, -0.2) is 0 Å². The molecule has 0 aromatic heterocycles. The van der Waals surface area contributed by atoms with Crippen LogP contribution in [0.3, 0.4) is 0 Å². The molecule has 1 heterocycles. The van der Waals surface area contributed by atoms with E-state index in [4.69, 9.17) is 20.9 Å². The summed E-state index contributed by atoms with van der Waals surface area (Å²) in [6.45, 7) is 2.33. The number of amides is 1. The second-order valence-corrected chi connectivity index (χ2v) is 4.12. The minimum atomic E-state index is -0.509. The molecule has 1 unspecified atom stereocenters. The van der Waals surface area contributed by atoms with Gasteiger partial charge in [-0.05, 0) is 18.2 Å². The van der Waals surface area contributed by atoms with Crippen molar-refractivity contribution in [3.63, 3.8) is 0 Å². The summed E-state index contributed by atoms with van der Waals surface area (Å²) in [5.74, 6) is -0.509. The van der Waals surface area contributed by atoms with Crippen LogP contribution in [0.1, 0.15) is 10.4 Å². The van der Waals surface area contributed by atoms with Crippen LogP contribution in [-0.4, -0.2) is 38.4 Å². The number of hydrogen-bond donors (Lipinski definition) is 3. The molecule has 1 fully saturated rings. The van der Waals surface area contributed by atoms with Crippen molar-refractivity contribution in [3.05, 3.63) is 23.8 Å². The molecule has 2 rings (SSSR count). The van der Waals surface area contributed by atoms with E-state index < -0.39 is 5.91 Å². The minimum Gasteiger partial charge on any atom is -0.399 e. The molecule has 1 atom stereocenters. The van der Waals surface area contributed by atoms with Crippen LogP contribution in [-0.2, 0) is 9.47 Å². The Labute approximate surface area is 105 Å². The van der Waals surface area contributed by atoms with E-state index in [2.05, 4.69) is 5.32 Å². The summed E-state index contributed by atoms with van der Waals surface area (Å²) in [4.78, 5) is 11.3. The third kappa shape index (κ3) is 3.12. The summed E-state index contributed by atoms with van der Waals surface area (Å²) >= 11 is 0. The first-order valence-electron chi connectivity index (χ1n) is 5.79. The summed E-state index contributed by atoms with van der Waals surface area (Å²) in [6.07, 6.45) is -0.0166. The lowest BCUT2D eigenvalue weighted by Crippen LogP contribution is -2.34. The van der Waals surface area contributed by atoms with Crippen LogP contribution in [0.25, 0.3) is 0 Å². The topological polar surface area (TPSA) is 99.6 Å². The molecule has 6 heteroatoms. The number of ether oxygens (including phenoxy) is 2. The van der Waals surface area contributed by atoms with Crippen molar-refractivity contribution in [2.45, 2.75) is 6.10 Å². The fourth-order valence-corrected chi connectivity index (χ4v) is 1.80. The van der Waals surface area contributed by atoms with Crippen molar-refractivity contribution < 1.29 is 14.3 Å². The van der Waals surface area contributed by atoms with Gasteiger partial charge < -0.3 is 26.3 Å². The number of carbonyl (C=O) groups excluding carboxylic acids is 1. The number of nitrogen functional groups attached to an aromatic ring is 1. The lowest BCUT2D eigenvalue weighted by atomic mass is 10.1. The van der Waals surface area contributed by atoms with Crippen LogP contribution in [0.2, 0.25) is 0 Å². The van der Waals surface area contributed by atoms with E-state index in [-0.39, 0.29) is 6.10 Å². The average Bonchev–Trinajstić information content (AvgIpc) is 2.38. The fourth-order valence-electron chi connectivity index (χ4n) is 1.80. The first kappa shape index (κ1) is 12.7. The molecular formula is C12H17N3O3. The summed E-state index contributed by atoms with van der Waals surface area (Å²) in [5.41, 5.74) is 12.5. The Hall–Kier alpha value is -1.79. The average molecular weight is 251 g/mol. The SMILES string of the molecule is NC(=O)c1cc(N)ccc1NCC1COCCO1. The highest BCUT2D eigenvalue weighted by atomic mass is 16.6. The zero-order valence-corrected chi connectivity index (χ0v) is 10.0. The smallest absolute Gasteiger partial charge is 0.250 e. The van der Waals surface area contributed by atoms with Gasteiger partial charge in [-0.15, -0.1) is 0 Å². The highest BCUT2D eigenvalue weighted by molar-refractivity contribution is 5.99. The van der Waals surface area contributed by atoms with Gasteiger partial charge in [-0.3, -0.25) is 4.79 Å². The van der Waals surface area contributed by atoms with Crippen LogP contribution in [0.4, 0.5) is 11.4 Å². The van der Waals surface area contributed by atoms with E-state index in [0.29, 0.717) is 43.3 Å². The van der Waals surface area contributed by atoms with Crippen LogP contribution in [0.5, 0.6) is 0 Å². The molecule has 6 nitrogen and oxygen atoms in total. The standard InChI is InChI=1S/C12H17N3O3/c13-8-1-2-11(10(5-8)12(14)16)15-6-9-7-17-3-4-18-9/h1-2,5,9,15H,3-4,6-7,13H2,(H2,14,16). The van der Waals surface area contributed by atoms with Crippen LogP contribution < -0.4 is 16.8 Å². The van der Waals surface area contributed by atoms with Crippen molar-refractivity contribution in [2.75, 3.05) is 37.4 Å². The van der Waals surface area contributed by atoms with Crippen LogP contribution in [0, 0.1) is 0 Å². The Bertz CT molecular complexity index is 431. The van der Waals surface area contributed by atoms with Gasteiger partial charge in [0.2, 0.25) is 0 Å². The van der Waals surface area contributed by atoms with Gasteiger partial charge in [-0.1, -0.05) is 0 Å². The Morgan fingerprint density at radius 2 is 2.28 bits per heavy atom. The second-order valence-electron chi connectivity index (χ2n) is 4.12. The lowest BCUT2D eigenvalue weighted by molar-refractivity contribution is -0.0818. The van der Waals surface area contributed by atoms with Gasteiger partial charge in [0, 0.05) is 17.9 Å². The molecular weight excluding hydrogens is 234 g/mol. The number of benzene rings is 1. The van der Waals surface area contributed by atoms with E-state index in [1.165, 1.54) is 0 Å². The molecule has 1 aliphatic heterocycles. The normalized spacial score (nSPS) is 19.4. The summed E-state index contributed by atoms with van der Waals surface area (Å²) < 4.78 is 10.8. The fraction of sp³-hybridized carbons (Fsp3) is 0.417. The van der Waals surface area contributed by atoms with E-state index >= 15 is 0 Å². The minimum absolute atomic E-state index is 0.0166. The van der Waals surface area contributed by atoms with Gasteiger partial charge in [0.15, 0.2) is 0 Å². The van der Waals surface area contributed by atoms with Crippen molar-refractivity contribution in [2.24, 2.45) is 5.73 Å². The Balaban J connectivity index is 2.01. The van der Waals surface area contributed by atoms with Crippen molar-refractivity contribution >= 4 is 17.3 Å². The Morgan fingerprint density at radius 3 is 2.94 bits per heavy atom. The molecule has 5 N–H and O–H groups in total. The quantitative estimate of drug-likeness (QED) is 0.664. The van der Waals surface area contributed by atoms with Crippen molar-refractivity contribution in [3.8, 4) is 0 Å². The molecule has 1 amide bonds. The zero-order valence-electron chi connectivity index (χ0n) is 10.0. The largest absolute Gasteiger partial charge is 0.399 e.